The second-order valence-corrected chi connectivity index (χ2v) is 13.1. The molecular formula is C27H45NO4. The molecule has 182 valence electrons. The van der Waals surface area contributed by atoms with Crippen LogP contribution in [0.25, 0.3) is 0 Å². The molecule has 0 spiro atoms. The number of rotatable bonds is 2. The molecule has 0 aromatic carbocycles. The minimum Gasteiger partial charge on any atom is -0.393 e. The topological polar surface area (TPSA) is 89.8 Å². The average Bonchev–Trinajstić information content (AvgIpc) is 3.00. The van der Waals surface area contributed by atoms with Gasteiger partial charge in [0.05, 0.1) is 18.3 Å². The summed E-state index contributed by atoms with van der Waals surface area (Å²) in [6.45, 7) is 10.4. The number of hydrogen-bond acceptors (Lipinski definition) is 5. The Hall–Kier alpha value is -0.490. The molecule has 13 atom stereocenters. The molecular weight excluding hydrogens is 402 g/mol. The van der Waals surface area contributed by atoms with Crippen molar-refractivity contribution in [2.24, 2.45) is 52.3 Å². The maximum atomic E-state index is 13.3. The quantitative estimate of drug-likeness (QED) is 0.522. The highest BCUT2D eigenvalue weighted by Gasteiger charge is 2.65. The highest BCUT2D eigenvalue weighted by atomic mass is 16.3. The normalized spacial score (nSPS) is 56.8. The fourth-order valence-corrected chi connectivity index (χ4v) is 9.79. The van der Waals surface area contributed by atoms with Crippen LogP contribution in [0.15, 0.2) is 0 Å². The molecule has 0 aromatic heterocycles. The number of nitrogens with one attached hydrogen (secondary N) is 1. The first-order valence-electron chi connectivity index (χ1n) is 13.4. The molecule has 4 aliphatic carbocycles. The van der Waals surface area contributed by atoms with Crippen molar-refractivity contribution in [3.63, 3.8) is 0 Å². The Bertz CT molecular complexity index is 735. The van der Waals surface area contributed by atoms with Gasteiger partial charge in [0.15, 0.2) is 0 Å². The number of hydrogen-bond donors (Lipinski definition) is 4. The molecule has 4 saturated carbocycles. The number of aliphatic hydroxyl groups is 3. The molecule has 5 aliphatic rings. The van der Waals surface area contributed by atoms with Gasteiger partial charge in [-0.15, -0.1) is 0 Å². The summed E-state index contributed by atoms with van der Waals surface area (Å²) in [4.78, 5) is 13.3. The lowest BCUT2D eigenvalue weighted by molar-refractivity contribution is -0.174. The molecule has 0 unspecified atom stereocenters. The molecule has 5 fully saturated rings. The Kier molecular flexibility index (Phi) is 5.84. The van der Waals surface area contributed by atoms with Gasteiger partial charge in [-0.1, -0.05) is 27.7 Å². The second-order valence-electron chi connectivity index (χ2n) is 13.1. The van der Waals surface area contributed by atoms with Gasteiger partial charge in [-0.25, -0.2) is 0 Å². The van der Waals surface area contributed by atoms with Crippen molar-refractivity contribution in [2.45, 2.75) is 103 Å². The van der Waals surface area contributed by atoms with Crippen LogP contribution in [0.4, 0.5) is 0 Å². The van der Waals surface area contributed by atoms with Gasteiger partial charge >= 0.3 is 0 Å². The summed E-state index contributed by atoms with van der Waals surface area (Å²) >= 11 is 0. The molecule has 1 heterocycles. The molecule has 5 nitrogen and oxygen atoms in total. The summed E-state index contributed by atoms with van der Waals surface area (Å²) in [6, 6.07) is 0.476. The lowest BCUT2D eigenvalue weighted by Gasteiger charge is -2.61. The predicted octanol–water partition coefficient (Wildman–Crippen LogP) is 3.15. The third-order valence-electron chi connectivity index (χ3n) is 11.5. The maximum absolute atomic E-state index is 13.3. The van der Waals surface area contributed by atoms with Gasteiger partial charge < -0.3 is 20.6 Å². The zero-order chi connectivity index (χ0) is 23.0. The molecule has 0 aromatic rings. The standard InChI is InChI=1S/C27H45NO4/c1-14-5-6-20(28-13-14)15(2)25-23(31)10-18-16-9-21(29)19-11-22(30)24(32)12-27(19,4)17(16)7-8-26(18,25)3/h14-20,22-25,28,30-32H,5-13H2,1-4H3/t14-,15-,16-,17+,18+,19-,20-,22+,23+,24-,25+,26+,27-/m1/s1. The molecule has 0 bridgehead atoms. The summed E-state index contributed by atoms with van der Waals surface area (Å²) in [6.07, 6.45) is 5.20. The minimum absolute atomic E-state index is 0.0705. The zero-order valence-electron chi connectivity index (χ0n) is 20.5. The first-order valence-corrected chi connectivity index (χ1v) is 13.4. The first kappa shape index (κ1) is 23.3. The molecule has 1 saturated heterocycles. The summed E-state index contributed by atoms with van der Waals surface area (Å²) in [5.74, 6) is 2.68. The van der Waals surface area contributed by atoms with Crippen LogP contribution in [0.2, 0.25) is 0 Å². The number of fused-ring (bicyclic) bond motifs is 5. The summed E-state index contributed by atoms with van der Waals surface area (Å²) in [5, 5.41) is 35.9. The lowest BCUT2D eigenvalue weighted by atomic mass is 9.43. The van der Waals surface area contributed by atoms with Crippen LogP contribution in [0.3, 0.4) is 0 Å². The van der Waals surface area contributed by atoms with Crippen LogP contribution in [0, 0.1) is 52.3 Å². The fourth-order valence-electron chi connectivity index (χ4n) is 9.79. The van der Waals surface area contributed by atoms with E-state index in [4.69, 9.17) is 0 Å². The van der Waals surface area contributed by atoms with E-state index in [1.165, 1.54) is 12.8 Å². The monoisotopic (exact) mass is 447 g/mol. The Balaban J connectivity index is 1.41. The van der Waals surface area contributed by atoms with Crippen molar-refractivity contribution in [3.05, 3.63) is 0 Å². The van der Waals surface area contributed by atoms with E-state index in [-0.39, 0.29) is 34.6 Å². The number of piperidine rings is 1. The van der Waals surface area contributed by atoms with E-state index in [9.17, 15) is 20.1 Å². The summed E-state index contributed by atoms with van der Waals surface area (Å²) in [5.41, 5.74) is -0.156. The van der Waals surface area contributed by atoms with Crippen LogP contribution < -0.4 is 5.32 Å². The van der Waals surface area contributed by atoms with Gasteiger partial charge in [0.2, 0.25) is 0 Å². The van der Waals surface area contributed by atoms with E-state index in [2.05, 4.69) is 33.0 Å². The Morgan fingerprint density at radius 2 is 1.72 bits per heavy atom. The minimum atomic E-state index is -0.772. The van der Waals surface area contributed by atoms with Crippen LogP contribution in [0.5, 0.6) is 0 Å². The first-order chi connectivity index (χ1) is 15.1. The molecule has 5 heteroatoms. The molecule has 1 aliphatic heterocycles. The van der Waals surface area contributed by atoms with Crippen molar-refractivity contribution in [3.8, 4) is 0 Å². The highest BCUT2D eigenvalue weighted by molar-refractivity contribution is 5.83. The smallest absolute Gasteiger partial charge is 0.136 e. The van der Waals surface area contributed by atoms with Gasteiger partial charge in [-0.3, -0.25) is 4.79 Å². The summed E-state index contributed by atoms with van der Waals surface area (Å²) in [7, 11) is 0. The van der Waals surface area contributed by atoms with Crippen molar-refractivity contribution in [1.29, 1.82) is 0 Å². The van der Waals surface area contributed by atoms with E-state index >= 15 is 0 Å². The molecule has 32 heavy (non-hydrogen) atoms. The SMILES string of the molecule is C[C@@H]1CC[C@H]([C@@H](C)[C@H]2[C@@H](O)C[C@H]3[C@@H]4CC(=O)[C@H]5C[C@H](O)[C@H](O)C[C@]5(C)[C@H]4CC[C@]23C)NC1. The maximum Gasteiger partial charge on any atom is 0.136 e. The van der Waals surface area contributed by atoms with Crippen LogP contribution in [0.1, 0.15) is 79.1 Å². The van der Waals surface area contributed by atoms with E-state index < -0.39 is 12.2 Å². The second kappa shape index (κ2) is 8.03. The Labute approximate surface area is 193 Å². The lowest BCUT2D eigenvalue weighted by Crippen LogP contribution is -2.60. The van der Waals surface area contributed by atoms with Crippen molar-refractivity contribution in [2.75, 3.05) is 6.54 Å². The van der Waals surface area contributed by atoms with Crippen molar-refractivity contribution < 1.29 is 20.1 Å². The van der Waals surface area contributed by atoms with Gasteiger partial charge in [0, 0.05) is 18.4 Å². The molecule has 4 N–H and O–H groups in total. The third kappa shape index (κ3) is 3.36. The van der Waals surface area contributed by atoms with E-state index in [1.807, 2.05) is 0 Å². The van der Waals surface area contributed by atoms with Crippen LogP contribution >= 0.6 is 0 Å². The van der Waals surface area contributed by atoms with Gasteiger partial charge in [-0.2, -0.15) is 0 Å². The van der Waals surface area contributed by atoms with Crippen molar-refractivity contribution >= 4 is 5.78 Å². The van der Waals surface area contributed by atoms with E-state index in [1.54, 1.807) is 0 Å². The number of carbonyl (C=O) groups is 1. The van der Waals surface area contributed by atoms with E-state index in [0.29, 0.717) is 49.0 Å². The average molecular weight is 448 g/mol. The predicted molar refractivity (Wildman–Crippen MR) is 124 cm³/mol. The van der Waals surface area contributed by atoms with Crippen LogP contribution in [-0.4, -0.2) is 52.0 Å². The number of ketones is 1. The van der Waals surface area contributed by atoms with Gasteiger partial charge in [0.1, 0.15) is 5.78 Å². The Morgan fingerprint density at radius 1 is 0.969 bits per heavy atom. The highest BCUT2D eigenvalue weighted by Crippen LogP contribution is 2.67. The summed E-state index contributed by atoms with van der Waals surface area (Å²) < 4.78 is 0. The molecule has 5 rings (SSSR count). The number of Topliss-reactive ketones (excluding diaryl/α,β-unsaturated/α-hetero) is 1. The van der Waals surface area contributed by atoms with Gasteiger partial charge in [0.25, 0.3) is 0 Å². The fraction of sp³-hybridized carbons (Fsp3) is 0.963. The molecule has 0 radical (unpaired) electrons. The number of aliphatic hydroxyl groups excluding tert-OH is 3. The Morgan fingerprint density at radius 3 is 2.41 bits per heavy atom. The number of carbonyl (C=O) groups excluding carboxylic acids is 1. The van der Waals surface area contributed by atoms with Gasteiger partial charge in [-0.05, 0) is 97.8 Å². The largest absolute Gasteiger partial charge is 0.393 e. The van der Waals surface area contributed by atoms with Crippen LogP contribution in [-0.2, 0) is 4.79 Å². The van der Waals surface area contributed by atoms with Crippen molar-refractivity contribution in [1.82, 2.24) is 5.32 Å². The third-order valence-corrected chi connectivity index (χ3v) is 11.5. The van der Waals surface area contributed by atoms with E-state index in [0.717, 1.165) is 31.7 Å². The zero-order valence-corrected chi connectivity index (χ0v) is 20.5. The molecule has 0 amide bonds.